The van der Waals surface area contributed by atoms with E-state index >= 15 is 0 Å². The molecule has 2 amide bonds. The summed E-state index contributed by atoms with van der Waals surface area (Å²) < 4.78 is 10.4. The van der Waals surface area contributed by atoms with Gasteiger partial charge in [-0.3, -0.25) is 9.59 Å². The molecule has 1 unspecified atom stereocenters. The van der Waals surface area contributed by atoms with Crippen LogP contribution >= 0.6 is 0 Å². The summed E-state index contributed by atoms with van der Waals surface area (Å²) in [5.74, 6) is 0.673. The highest BCUT2D eigenvalue weighted by Crippen LogP contribution is 2.30. The summed E-state index contributed by atoms with van der Waals surface area (Å²) in [6.45, 7) is 1.87. The number of carbonyl (C=O) groups excluding carboxylic acids is 2. The second-order valence-electron chi connectivity index (χ2n) is 6.10. The lowest BCUT2D eigenvalue weighted by molar-refractivity contribution is -0.128. The minimum absolute atomic E-state index is 0.0228. The van der Waals surface area contributed by atoms with Crippen molar-refractivity contribution in [3.05, 3.63) is 18.2 Å². The molecule has 1 aliphatic rings. The lowest BCUT2D eigenvalue weighted by Crippen LogP contribution is -2.34. The van der Waals surface area contributed by atoms with E-state index in [-0.39, 0.29) is 24.2 Å². The van der Waals surface area contributed by atoms with Crippen LogP contribution in [0.25, 0.3) is 0 Å². The molecule has 1 aromatic carbocycles. The number of likely N-dealkylation sites (tertiary alicyclic amines) is 1. The van der Waals surface area contributed by atoms with Crippen molar-refractivity contribution in [1.82, 2.24) is 9.80 Å². The zero-order valence-corrected chi connectivity index (χ0v) is 14.7. The van der Waals surface area contributed by atoms with Crippen molar-refractivity contribution in [2.45, 2.75) is 6.42 Å². The van der Waals surface area contributed by atoms with Crippen LogP contribution in [0.5, 0.6) is 11.5 Å². The van der Waals surface area contributed by atoms with Gasteiger partial charge in [-0.2, -0.15) is 0 Å². The fourth-order valence-corrected chi connectivity index (χ4v) is 2.63. The maximum atomic E-state index is 12.5. The van der Waals surface area contributed by atoms with Crippen molar-refractivity contribution >= 4 is 17.5 Å². The number of rotatable bonds is 7. The number of anilines is 1. The van der Waals surface area contributed by atoms with Gasteiger partial charge in [-0.05, 0) is 26.2 Å². The smallest absolute Gasteiger partial charge is 0.229 e. The molecule has 1 heterocycles. The first-order valence-corrected chi connectivity index (χ1v) is 7.90. The van der Waals surface area contributed by atoms with E-state index in [1.165, 1.54) is 0 Å². The van der Waals surface area contributed by atoms with Gasteiger partial charge in [0.2, 0.25) is 11.8 Å². The predicted molar refractivity (Wildman–Crippen MR) is 91.4 cm³/mol. The molecule has 0 saturated carbocycles. The van der Waals surface area contributed by atoms with Crippen LogP contribution in [0.3, 0.4) is 0 Å². The lowest BCUT2D eigenvalue weighted by atomic mass is 10.1. The topological polar surface area (TPSA) is 71.1 Å². The normalized spacial score (nSPS) is 17.3. The number of hydrogen-bond donors (Lipinski definition) is 1. The van der Waals surface area contributed by atoms with E-state index in [0.29, 0.717) is 30.3 Å². The first-order valence-electron chi connectivity index (χ1n) is 7.90. The maximum Gasteiger partial charge on any atom is 0.229 e. The number of methoxy groups -OCH3 is 2. The number of ether oxygens (including phenoxy) is 2. The molecule has 0 radical (unpaired) electrons. The van der Waals surface area contributed by atoms with Crippen LogP contribution in [0.4, 0.5) is 5.69 Å². The van der Waals surface area contributed by atoms with Gasteiger partial charge < -0.3 is 24.6 Å². The number of nitrogens with one attached hydrogen (secondary N) is 1. The Morgan fingerprint density at radius 1 is 1.33 bits per heavy atom. The summed E-state index contributed by atoms with van der Waals surface area (Å²) in [6.07, 6.45) is 0.242. The van der Waals surface area contributed by atoms with Crippen LogP contribution in [0, 0.1) is 5.92 Å². The van der Waals surface area contributed by atoms with E-state index in [1.807, 2.05) is 19.0 Å². The molecule has 7 heteroatoms. The Labute approximate surface area is 142 Å². The van der Waals surface area contributed by atoms with Gasteiger partial charge in [-0.15, -0.1) is 0 Å². The molecule has 132 valence electrons. The predicted octanol–water partition coefficient (Wildman–Crippen LogP) is 1.05. The van der Waals surface area contributed by atoms with E-state index in [1.54, 1.807) is 37.3 Å². The van der Waals surface area contributed by atoms with Crippen LogP contribution in [0.2, 0.25) is 0 Å². The third kappa shape index (κ3) is 4.38. The van der Waals surface area contributed by atoms with Gasteiger partial charge in [0.1, 0.15) is 11.5 Å². The Balaban J connectivity index is 2.01. The lowest BCUT2D eigenvalue weighted by Gasteiger charge is -2.19. The van der Waals surface area contributed by atoms with Crippen LogP contribution in [-0.4, -0.2) is 69.6 Å². The number of carbonyl (C=O) groups is 2. The molecule has 2 rings (SSSR count). The van der Waals surface area contributed by atoms with Gasteiger partial charge in [-0.25, -0.2) is 0 Å². The highest BCUT2D eigenvalue weighted by molar-refractivity contribution is 5.98. The van der Waals surface area contributed by atoms with Gasteiger partial charge in [0.15, 0.2) is 0 Å². The van der Waals surface area contributed by atoms with Gasteiger partial charge in [0.05, 0.1) is 25.8 Å². The molecule has 1 saturated heterocycles. The second kappa shape index (κ2) is 8.01. The zero-order chi connectivity index (χ0) is 17.7. The third-order valence-electron chi connectivity index (χ3n) is 4.07. The van der Waals surface area contributed by atoms with Crippen molar-refractivity contribution in [3.8, 4) is 11.5 Å². The van der Waals surface area contributed by atoms with Crippen LogP contribution in [0.1, 0.15) is 6.42 Å². The summed E-state index contributed by atoms with van der Waals surface area (Å²) >= 11 is 0. The summed E-state index contributed by atoms with van der Waals surface area (Å²) in [6, 6.07) is 5.20. The van der Waals surface area contributed by atoms with Crippen LogP contribution < -0.4 is 14.8 Å². The first kappa shape index (κ1) is 18.1. The molecule has 0 aliphatic carbocycles. The minimum atomic E-state index is -0.351. The van der Waals surface area contributed by atoms with E-state index < -0.39 is 0 Å². The Morgan fingerprint density at radius 2 is 2.08 bits per heavy atom. The summed E-state index contributed by atoms with van der Waals surface area (Å²) in [7, 11) is 7.02. The molecule has 0 aromatic heterocycles. The molecule has 1 aliphatic heterocycles. The van der Waals surface area contributed by atoms with E-state index in [0.717, 1.165) is 6.54 Å². The average molecular weight is 335 g/mol. The third-order valence-corrected chi connectivity index (χ3v) is 4.07. The second-order valence-corrected chi connectivity index (χ2v) is 6.10. The number of likely N-dealkylation sites (N-methyl/N-ethyl adjacent to an activating group) is 1. The molecule has 1 N–H and O–H groups in total. The minimum Gasteiger partial charge on any atom is -0.497 e. The molecular formula is C17H25N3O4. The van der Waals surface area contributed by atoms with Gasteiger partial charge in [0, 0.05) is 32.1 Å². The molecule has 1 aromatic rings. The van der Waals surface area contributed by atoms with E-state index in [4.69, 9.17) is 9.47 Å². The highest BCUT2D eigenvalue weighted by Gasteiger charge is 2.34. The number of nitrogens with zero attached hydrogens (tertiary/aromatic N) is 2. The largest absolute Gasteiger partial charge is 0.497 e. The Hall–Kier alpha value is -2.28. The quantitative estimate of drug-likeness (QED) is 0.806. The van der Waals surface area contributed by atoms with Crippen LogP contribution in [0.15, 0.2) is 18.2 Å². The highest BCUT2D eigenvalue weighted by atomic mass is 16.5. The molecule has 1 fully saturated rings. The first-order chi connectivity index (χ1) is 11.4. The zero-order valence-electron chi connectivity index (χ0n) is 14.7. The fourth-order valence-electron chi connectivity index (χ4n) is 2.63. The summed E-state index contributed by atoms with van der Waals surface area (Å²) in [5.41, 5.74) is 0.543. The number of benzene rings is 1. The fraction of sp³-hybridized carbons (Fsp3) is 0.529. The van der Waals surface area contributed by atoms with Gasteiger partial charge in [0.25, 0.3) is 0 Å². The Kier molecular flexibility index (Phi) is 6.03. The Morgan fingerprint density at radius 3 is 2.71 bits per heavy atom. The SMILES string of the molecule is COc1ccc(OC)c(NC(=O)C2CC(=O)N(CCN(C)C)C2)c1. The molecule has 24 heavy (non-hydrogen) atoms. The molecule has 7 nitrogen and oxygen atoms in total. The number of hydrogen-bond acceptors (Lipinski definition) is 5. The Bertz CT molecular complexity index is 603. The standard InChI is InChI=1S/C17H25N3O4/c1-19(2)7-8-20-11-12(9-16(20)21)17(22)18-14-10-13(23-3)5-6-15(14)24-4/h5-6,10,12H,7-9,11H2,1-4H3,(H,18,22). The average Bonchev–Trinajstić information content (AvgIpc) is 2.94. The van der Waals surface area contributed by atoms with Gasteiger partial charge >= 0.3 is 0 Å². The monoisotopic (exact) mass is 335 g/mol. The van der Waals surface area contributed by atoms with Crippen molar-refractivity contribution < 1.29 is 19.1 Å². The summed E-state index contributed by atoms with van der Waals surface area (Å²) in [4.78, 5) is 28.3. The van der Waals surface area contributed by atoms with Crippen molar-refractivity contribution in [2.24, 2.45) is 5.92 Å². The molecular weight excluding hydrogens is 310 g/mol. The van der Waals surface area contributed by atoms with Gasteiger partial charge in [-0.1, -0.05) is 0 Å². The molecule has 0 spiro atoms. The van der Waals surface area contributed by atoms with E-state index in [9.17, 15) is 9.59 Å². The maximum absolute atomic E-state index is 12.5. The number of amides is 2. The molecule has 0 bridgehead atoms. The molecule has 1 atom stereocenters. The van der Waals surface area contributed by atoms with Crippen molar-refractivity contribution in [3.63, 3.8) is 0 Å². The van der Waals surface area contributed by atoms with E-state index in [2.05, 4.69) is 5.32 Å². The summed E-state index contributed by atoms with van der Waals surface area (Å²) in [5, 5.41) is 2.85. The van der Waals surface area contributed by atoms with Crippen molar-refractivity contribution in [1.29, 1.82) is 0 Å². The van der Waals surface area contributed by atoms with Crippen molar-refractivity contribution in [2.75, 3.05) is 53.3 Å². The van der Waals surface area contributed by atoms with Crippen LogP contribution in [-0.2, 0) is 9.59 Å².